The average Bonchev–Trinajstić information content (AvgIpc) is 3.57. The maximum Gasteiger partial charge on any atom is 0.251 e. The molecule has 0 bridgehead atoms. The molecule has 51 heavy (non-hydrogen) atoms. The Morgan fingerprint density at radius 1 is 0.824 bits per heavy atom. The molecule has 5 aromatic carbocycles. The molecule has 0 saturated carbocycles. The molecule has 9 heteroatoms. The topological polar surface area (TPSA) is 122 Å². The lowest BCUT2D eigenvalue weighted by atomic mass is 9.86. The molecule has 260 valence electrons. The number of carbonyl (C=O) groups excluding carboxylic acids is 2. The van der Waals surface area contributed by atoms with Crippen molar-refractivity contribution in [2.75, 3.05) is 17.6 Å². The molecule has 2 atom stereocenters. The highest BCUT2D eigenvalue weighted by Gasteiger charge is 2.23. The van der Waals surface area contributed by atoms with Crippen molar-refractivity contribution in [3.63, 3.8) is 0 Å². The smallest absolute Gasteiger partial charge is 0.251 e. The van der Waals surface area contributed by atoms with Crippen molar-refractivity contribution in [1.82, 2.24) is 10.3 Å². The van der Waals surface area contributed by atoms with Gasteiger partial charge < -0.3 is 19.6 Å². The number of oxazole rings is 1. The number of aryl methyl sites for hydroxylation is 1. The number of hydrogen-bond acceptors (Lipinski definition) is 5. The first-order valence-electron chi connectivity index (χ1n) is 16.9. The maximum absolute atomic E-state index is 14.0. The van der Waals surface area contributed by atoms with Crippen LogP contribution in [0.2, 0.25) is 0 Å². The zero-order valence-corrected chi connectivity index (χ0v) is 29.9. The lowest BCUT2D eigenvalue weighted by Gasteiger charge is -2.20. The lowest BCUT2D eigenvalue weighted by molar-refractivity contribution is -0.117. The third-order valence-electron chi connectivity index (χ3n) is 8.94. The van der Waals surface area contributed by atoms with Crippen LogP contribution < -0.4 is 10.6 Å². The summed E-state index contributed by atoms with van der Waals surface area (Å²) in [7, 11) is 0. The van der Waals surface area contributed by atoms with Gasteiger partial charge in [0, 0.05) is 23.4 Å². The number of aromatic nitrogens is 1. The number of fused-ring (bicyclic) bond motifs is 1. The molecule has 6 aromatic rings. The second-order valence-electron chi connectivity index (χ2n) is 13.7. The van der Waals surface area contributed by atoms with Gasteiger partial charge in [-0.15, -0.1) is 0 Å². The summed E-state index contributed by atoms with van der Waals surface area (Å²) in [5.74, 6) is -0.545. The summed E-state index contributed by atoms with van der Waals surface area (Å²) >= 11 is -1.98. The van der Waals surface area contributed by atoms with Gasteiger partial charge in [0.2, 0.25) is 11.8 Å². The maximum atomic E-state index is 14.0. The molecule has 0 fully saturated rings. The quantitative estimate of drug-likeness (QED) is 0.116. The third kappa shape index (κ3) is 8.68. The summed E-state index contributed by atoms with van der Waals surface area (Å²) in [5.41, 5.74) is 9.69. The van der Waals surface area contributed by atoms with Crippen LogP contribution in [0.1, 0.15) is 59.3 Å². The Bertz CT molecular complexity index is 2170. The monoisotopic (exact) mass is 699 g/mol. The van der Waals surface area contributed by atoms with Gasteiger partial charge >= 0.3 is 0 Å². The first-order valence-corrected chi connectivity index (χ1v) is 18.1. The number of para-hydroxylation sites is 1. The summed E-state index contributed by atoms with van der Waals surface area (Å²) in [4.78, 5) is 31.2. The highest BCUT2D eigenvalue weighted by Crippen LogP contribution is 2.31. The number of carbonyl (C=O) groups is 2. The molecular weight excluding hydrogens is 659 g/mol. The first kappa shape index (κ1) is 35.4. The summed E-state index contributed by atoms with van der Waals surface area (Å²) in [6.07, 6.45) is 0.400. The summed E-state index contributed by atoms with van der Waals surface area (Å²) < 4.78 is 25.9. The van der Waals surface area contributed by atoms with E-state index < -0.39 is 17.0 Å². The van der Waals surface area contributed by atoms with Crippen LogP contribution in [0, 0.1) is 6.92 Å². The van der Waals surface area contributed by atoms with Crippen molar-refractivity contribution in [3.8, 4) is 22.6 Å². The fourth-order valence-electron chi connectivity index (χ4n) is 5.95. The molecule has 3 N–H and O–H groups in total. The normalized spacial score (nSPS) is 12.7. The number of benzene rings is 5. The van der Waals surface area contributed by atoms with E-state index in [9.17, 15) is 13.8 Å². The zero-order chi connectivity index (χ0) is 36.1. The fraction of sp³-hybridized carbons (Fsp3) is 0.214. The molecule has 0 saturated heterocycles. The third-order valence-corrected chi connectivity index (χ3v) is 9.50. The van der Waals surface area contributed by atoms with Crippen LogP contribution in [0.3, 0.4) is 0 Å². The molecule has 1 unspecified atom stereocenters. The van der Waals surface area contributed by atoms with Crippen LogP contribution in [0.15, 0.2) is 120 Å². The van der Waals surface area contributed by atoms with E-state index >= 15 is 0 Å². The highest BCUT2D eigenvalue weighted by atomic mass is 32.2. The standard InChI is InChI=1S/C42H41N3O5S/c1-27-6-5-7-37-38(27)50-41(45-37)33-18-22-35(23-19-33)44-40(47)36(26-28-8-10-32(11-9-28)39(46)43-24-25-51(48)49)31-14-12-29(13-15-31)30-16-20-34(21-17-30)42(2,3)4/h5-23,36H,24-26H2,1-4H3,(H,43,46)(H,44,47)(H,48,49)/t36-/m0/s1. The van der Waals surface area contributed by atoms with Crippen molar-refractivity contribution in [2.45, 2.75) is 45.4 Å². The Balaban J connectivity index is 1.22. The Morgan fingerprint density at radius 2 is 1.45 bits per heavy atom. The van der Waals surface area contributed by atoms with Crippen molar-refractivity contribution in [2.24, 2.45) is 0 Å². The molecule has 0 aliphatic heterocycles. The molecule has 2 amide bonds. The van der Waals surface area contributed by atoms with E-state index in [-0.39, 0.29) is 29.5 Å². The lowest BCUT2D eigenvalue weighted by Crippen LogP contribution is -2.27. The van der Waals surface area contributed by atoms with E-state index in [1.165, 1.54) is 5.56 Å². The van der Waals surface area contributed by atoms with E-state index in [0.29, 0.717) is 23.6 Å². The second-order valence-corrected chi connectivity index (χ2v) is 14.7. The molecule has 6 rings (SSSR count). The highest BCUT2D eigenvalue weighted by molar-refractivity contribution is 7.79. The van der Waals surface area contributed by atoms with Crippen LogP contribution in [0.25, 0.3) is 33.7 Å². The number of nitrogens with one attached hydrogen (secondary N) is 2. The largest absolute Gasteiger partial charge is 0.436 e. The Morgan fingerprint density at radius 3 is 2.06 bits per heavy atom. The fourth-order valence-corrected chi connectivity index (χ4v) is 6.23. The van der Waals surface area contributed by atoms with Gasteiger partial charge in [-0.2, -0.15) is 0 Å². The predicted octanol–water partition coefficient (Wildman–Crippen LogP) is 8.68. The number of rotatable bonds is 11. The predicted molar refractivity (Wildman–Crippen MR) is 204 cm³/mol. The van der Waals surface area contributed by atoms with Gasteiger partial charge in [0.25, 0.3) is 5.91 Å². The molecular formula is C42H41N3O5S. The number of amides is 2. The van der Waals surface area contributed by atoms with Gasteiger partial charge in [-0.3, -0.25) is 9.59 Å². The van der Waals surface area contributed by atoms with Gasteiger partial charge in [0.1, 0.15) is 5.52 Å². The van der Waals surface area contributed by atoms with Crippen molar-refractivity contribution in [1.29, 1.82) is 0 Å². The Kier molecular flexibility index (Phi) is 10.6. The van der Waals surface area contributed by atoms with Crippen LogP contribution >= 0.6 is 0 Å². The average molecular weight is 700 g/mol. The van der Waals surface area contributed by atoms with Gasteiger partial charge in [-0.1, -0.05) is 93.6 Å². The van der Waals surface area contributed by atoms with Crippen LogP contribution in [-0.2, 0) is 27.7 Å². The van der Waals surface area contributed by atoms with E-state index in [1.54, 1.807) is 12.1 Å². The summed E-state index contributed by atoms with van der Waals surface area (Å²) in [6.45, 7) is 8.67. The van der Waals surface area contributed by atoms with Crippen molar-refractivity contribution >= 4 is 39.7 Å². The molecule has 0 aliphatic rings. The summed E-state index contributed by atoms with van der Waals surface area (Å²) in [5, 5.41) is 5.75. The van der Waals surface area contributed by atoms with Gasteiger partial charge in [-0.25, -0.2) is 9.19 Å². The Labute approximate surface area is 300 Å². The second kappa shape index (κ2) is 15.2. The number of hydrogen-bond donors (Lipinski definition) is 3. The molecule has 0 radical (unpaired) electrons. The minimum Gasteiger partial charge on any atom is -0.436 e. The van der Waals surface area contributed by atoms with Gasteiger partial charge in [-0.05, 0) is 94.6 Å². The molecule has 1 heterocycles. The number of nitrogens with zero attached hydrogens (tertiary/aromatic N) is 1. The Hall–Kier alpha value is -5.38. The van der Waals surface area contributed by atoms with E-state index in [0.717, 1.165) is 44.5 Å². The molecule has 8 nitrogen and oxygen atoms in total. The van der Waals surface area contributed by atoms with E-state index in [2.05, 4.69) is 60.7 Å². The molecule has 0 spiro atoms. The van der Waals surface area contributed by atoms with Crippen molar-refractivity contribution < 1.29 is 22.8 Å². The van der Waals surface area contributed by atoms with Gasteiger partial charge in [0.05, 0.1) is 11.7 Å². The minimum absolute atomic E-state index is 0.0408. The van der Waals surface area contributed by atoms with Gasteiger partial charge in [0.15, 0.2) is 16.7 Å². The number of anilines is 1. The first-order chi connectivity index (χ1) is 24.4. The molecule has 1 aromatic heterocycles. The van der Waals surface area contributed by atoms with Crippen LogP contribution in [-0.4, -0.2) is 37.9 Å². The zero-order valence-electron chi connectivity index (χ0n) is 29.1. The van der Waals surface area contributed by atoms with Crippen LogP contribution in [0.5, 0.6) is 0 Å². The van der Waals surface area contributed by atoms with E-state index in [4.69, 9.17) is 8.97 Å². The van der Waals surface area contributed by atoms with Crippen molar-refractivity contribution in [3.05, 3.63) is 143 Å². The minimum atomic E-state index is -1.98. The van der Waals surface area contributed by atoms with Crippen LogP contribution in [0.4, 0.5) is 5.69 Å². The molecule has 0 aliphatic carbocycles. The van der Waals surface area contributed by atoms with E-state index in [1.807, 2.05) is 85.8 Å². The SMILES string of the molecule is Cc1cccc2nc(-c3ccc(NC(=O)[C@@H](Cc4ccc(C(=O)NCCS(=O)O)cc4)c4ccc(-c5ccc(C(C)(C)C)cc5)cc4)cc3)oc12. The summed E-state index contributed by atoms with van der Waals surface area (Å²) in [6, 6.07) is 37.1.